The lowest BCUT2D eigenvalue weighted by molar-refractivity contribution is -0.377. The predicted molar refractivity (Wildman–Crippen MR) is 239 cm³/mol. The molecule has 6 saturated heterocycles. The highest BCUT2D eigenvalue weighted by molar-refractivity contribution is 5.22. The zero-order chi connectivity index (χ0) is 57.9. The van der Waals surface area contributed by atoms with Crippen molar-refractivity contribution < 1.29 is 170 Å². The van der Waals surface area contributed by atoms with E-state index in [1.54, 1.807) is 0 Å². The predicted octanol–water partition coefficient (Wildman–Crippen LogP) is -16.1. The molecule has 6 fully saturated rings. The van der Waals surface area contributed by atoms with Gasteiger partial charge in [0.1, 0.15) is 153 Å². The Balaban J connectivity index is 0.000000261. The monoisotopic (exact) mass is 1150 g/mol. The first-order chi connectivity index (χ1) is 36.8. The molecular formula is C43H75NO34. The van der Waals surface area contributed by atoms with Gasteiger partial charge < -0.3 is 175 Å². The maximum atomic E-state index is 10.9. The van der Waals surface area contributed by atoms with Crippen LogP contribution in [0.15, 0.2) is 11.6 Å². The van der Waals surface area contributed by atoms with Crippen LogP contribution in [0, 0.1) is 0 Å². The topological polar surface area (TPSA) is 590 Å². The molecule has 35 heteroatoms. The Kier molecular flexibility index (Phi) is 23.7. The first kappa shape index (κ1) is 65.5. The Morgan fingerprint density at radius 1 is 0.359 bits per heavy atom. The molecule has 0 aromatic carbocycles. The molecule has 0 aromatic heterocycles. The van der Waals surface area contributed by atoms with Crippen LogP contribution >= 0.6 is 0 Å². The molecule has 6 heterocycles. The minimum absolute atomic E-state index is 0.0225. The molecule has 7 aliphatic rings. The number of aliphatic hydroxyl groups is 24. The fourth-order valence-corrected chi connectivity index (χ4v) is 9.87. The van der Waals surface area contributed by atoms with E-state index in [2.05, 4.69) is 5.32 Å². The first-order valence-corrected chi connectivity index (χ1v) is 24.7. The highest BCUT2D eigenvalue weighted by Crippen LogP contribution is 2.35. The van der Waals surface area contributed by atoms with Gasteiger partial charge in [0.05, 0.1) is 57.8 Å². The number of hydrogen-bond acceptors (Lipinski definition) is 35. The standard InChI is InChI=1S/C25H43NO18.C18H32O16/c1-6-11(26-8-2-7(3-27)12(30)15(33)13(8)31)14(32)19(37)24(40-6)43-22-10(5-29)42-25(20(38)17(22)35)44-21-9(4-28)41-23(39)18(36)16(21)34;19-1-4-7(22)8(23)12(27)17(31-4)34-15-6(3-21)32-18(13(28)10(15)25)33-14-5(2-20)30-16(29)11(26)9(14)24/h2,6,8-39H,3-5H2,1H3;4-29H,1-3H2/t6-,8+,9-,10-,11-,12+,13+,14+,15+,16-,17-,18-,19-,20-,21-,22-,23-,24-,25-;4-,5-,6-,7-,8+,9-,10-,11-,12-,13-,14-,15-,16?,17-,18-/m11/s1. The SMILES string of the molecule is C[C@H]1O[C@H](O[C@H]2[C@H](O)[C@@H](O)[C@@H](O[C@H]3[C@H](O)[C@@H](O)[C@H](O)O[C@@H]3CO)O[C@@H]2CO)[C@H](O)[C@@H](O)[C@@H]1N[C@H]1C=C(CO)[C@H](O)[C@H](O)[C@H]1O.OC[C@H]1O[C@H](O[C@H]2[C@H](O)[C@@H](O)[C@@H](O[C@H]3[C@H](O)[C@@H](O)C(O)O[C@@H]3CO)O[C@@H]2CO)[C@H](O)[C@@H](O)[C@@H]1O. The van der Waals surface area contributed by atoms with Gasteiger partial charge in [-0.05, 0) is 12.5 Å². The summed E-state index contributed by atoms with van der Waals surface area (Å²) in [6, 6.07) is -2.17. The molecule has 1 unspecified atom stereocenters. The van der Waals surface area contributed by atoms with Gasteiger partial charge in [0, 0.05) is 0 Å². The molecule has 78 heavy (non-hydrogen) atoms. The van der Waals surface area contributed by atoms with Crippen LogP contribution in [0.5, 0.6) is 0 Å². The molecule has 456 valence electrons. The third-order valence-electron chi connectivity index (χ3n) is 14.6. The Bertz CT molecular complexity index is 1840. The number of ether oxygens (including phenoxy) is 10. The van der Waals surface area contributed by atoms with E-state index in [0.29, 0.717) is 0 Å². The summed E-state index contributed by atoms with van der Waals surface area (Å²) in [4.78, 5) is 0. The summed E-state index contributed by atoms with van der Waals surface area (Å²) in [5.74, 6) is 0. The molecule has 35 nitrogen and oxygen atoms in total. The minimum atomic E-state index is -1.93. The van der Waals surface area contributed by atoms with Gasteiger partial charge in [0.25, 0.3) is 0 Å². The lowest BCUT2D eigenvalue weighted by Gasteiger charge is -2.48. The van der Waals surface area contributed by atoms with Crippen LogP contribution in [0.25, 0.3) is 0 Å². The van der Waals surface area contributed by atoms with Crippen LogP contribution in [0.1, 0.15) is 6.92 Å². The van der Waals surface area contributed by atoms with E-state index in [9.17, 15) is 123 Å². The van der Waals surface area contributed by atoms with Crippen molar-refractivity contribution >= 4 is 0 Å². The van der Waals surface area contributed by atoms with Crippen LogP contribution in [0.3, 0.4) is 0 Å². The van der Waals surface area contributed by atoms with Gasteiger partial charge in [0.15, 0.2) is 37.7 Å². The number of rotatable bonds is 16. The van der Waals surface area contributed by atoms with Gasteiger partial charge in [-0.15, -0.1) is 0 Å². The summed E-state index contributed by atoms with van der Waals surface area (Å²) in [5.41, 5.74) is 0.0225. The third-order valence-corrected chi connectivity index (χ3v) is 14.6. The minimum Gasteiger partial charge on any atom is -0.394 e. The van der Waals surface area contributed by atoms with Crippen LogP contribution in [0.4, 0.5) is 0 Å². The van der Waals surface area contributed by atoms with Crippen molar-refractivity contribution in [3.63, 3.8) is 0 Å². The fraction of sp³-hybridized carbons (Fsp3) is 0.953. The number of aliphatic hydroxyl groups excluding tert-OH is 24. The van der Waals surface area contributed by atoms with E-state index < -0.39 is 248 Å². The Morgan fingerprint density at radius 3 is 1.08 bits per heavy atom. The lowest BCUT2D eigenvalue weighted by Crippen LogP contribution is -2.68. The zero-order valence-electron chi connectivity index (χ0n) is 41.3. The normalized spacial score (nSPS) is 52.2. The summed E-state index contributed by atoms with van der Waals surface area (Å²) < 4.78 is 53.8. The Hall–Kier alpha value is -1.66. The van der Waals surface area contributed by atoms with E-state index in [4.69, 9.17) is 47.4 Å². The smallest absolute Gasteiger partial charge is 0.187 e. The highest BCUT2D eigenvalue weighted by Gasteiger charge is 2.56. The van der Waals surface area contributed by atoms with Crippen LogP contribution in [-0.2, 0) is 47.4 Å². The second-order valence-electron chi connectivity index (χ2n) is 19.7. The van der Waals surface area contributed by atoms with Crippen molar-refractivity contribution in [1.82, 2.24) is 5.32 Å². The van der Waals surface area contributed by atoms with Crippen molar-refractivity contribution in [2.24, 2.45) is 0 Å². The summed E-state index contributed by atoms with van der Waals surface area (Å²) in [6.45, 7) is -3.07. The lowest BCUT2D eigenvalue weighted by atomic mass is 9.86. The van der Waals surface area contributed by atoms with Crippen LogP contribution in [0.2, 0.25) is 0 Å². The van der Waals surface area contributed by atoms with Gasteiger partial charge in [-0.25, -0.2) is 0 Å². The molecule has 34 atom stereocenters. The second kappa shape index (κ2) is 28.3. The summed E-state index contributed by atoms with van der Waals surface area (Å²) >= 11 is 0. The van der Waals surface area contributed by atoms with Gasteiger partial charge in [-0.3, -0.25) is 0 Å². The summed E-state index contributed by atoms with van der Waals surface area (Å²) in [7, 11) is 0. The molecular weight excluding hydrogens is 1070 g/mol. The van der Waals surface area contributed by atoms with Crippen molar-refractivity contribution in [1.29, 1.82) is 0 Å². The van der Waals surface area contributed by atoms with E-state index >= 15 is 0 Å². The van der Waals surface area contributed by atoms with E-state index in [0.717, 1.165) is 0 Å². The maximum Gasteiger partial charge on any atom is 0.187 e. The van der Waals surface area contributed by atoms with E-state index in [1.807, 2.05) is 0 Å². The number of hydrogen-bond donors (Lipinski definition) is 25. The van der Waals surface area contributed by atoms with Crippen molar-refractivity contribution in [2.75, 3.05) is 39.6 Å². The molecule has 25 N–H and O–H groups in total. The molecule has 1 aliphatic carbocycles. The van der Waals surface area contributed by atoms with Gasteiger partial charge in [-0.2, -0.15) is 0 Å². The van der Waals surface area contributed by atoms with Crippen molar-refractivity contribution in [3.05, 3.63) is 11.6 Å². The highest BCUT2D eigenvalue weighted by atomic mass is 16.8. The van der Waals surface area contributed by atoms with Gasteiger partial charge in [-0.1, -0.05) is 6.08 Å². The van der Waals surface area contributed by atoms with Gasteiger partial charge in [0.2, 0.25) is 0 Å². The third kappa shape index (κ3) is 13.8. The Labute approximate surface area is 441 Å². The van der Waals surface area contributed by atoms with E-state index in [1.165, 1.54) is 13.0 Å². The molecule has 0 bridgehead atoms. The molecule has 0 aromatic rings. The van der Waals surface area contributed by atoms with E-state index in [-0.39, 0.29) is 5.57 Å². The quantitative estimate of drug-likeness (QED) is 0.0638. The number of nitrogens with one attached hydrogen (secondary N) is 1. The second-order valence-corrected chi connectivity index (χ2v) is 19.7. The largest absolute Gasteiger partial charge is 0.394 e. The van der Waals surface area contributed by atoms with Crippen molar-refractivity contribution in [3.8, 4) is 0 Å². The Morgan fingerprint density at radius 2 is 0.692 bits per heavy atom. The first-order valence-electron chi connectivity index (χ1n) is 24.7. The molecule has 6 aliphatic heterocycles. The molecule has 0 radical (unpaired) electrons. The van der Waals surface area contributed by atoms with Crippen molar-refractivity contribution in [2.45, 2.75) is 215 Å². The maximum absolute atomic E-state index is 10.9. The molecule has 7 rings (SSSR count). The van der Waals surface area contributed by atoms with Gasteiger partial charge >= 0.3 is 0 Å². The molecule has 0 spiro atoms. The average molecular weight is 1150 g/mol. The van der Waals surface area contributed by atoms with Crippen LogP contribution in [-0.4, -0.2) is 371 Å². The average Bonchev–Trinajstić information content (AvgIpc) is 3.46. The molecule has 0 amide bonds. The summed E-state index contributed by atoms with van der Waals surface area (Å²) in [5, 5.41) is 245. The molecule has 0 saturated carbocycles. The zero-order valence-corrected chi connectivity index (χ0v) is 41.3. The van der Waals surface area contributed by atoms with Crippen LogP contribution < -0.4 is 5.32 Å². The summed E-state index contributed by atoms with van der Waals surface area (Å²) in [6.07, 6.45) is -51.7. The fourth-order valence-electron chi connectivity index (χ4n) is 9.87.